The van der Waals surface area contributed by atoms with Crippen molar-refractivity contribution in [3.8, 4) is 0 Å². The number of nitrogens with zero attached hydrogens (tertiary/aromatic N) is 2. The molecule has 0 aliphatic carbocycles. The first kappa shape index (κ1) is 14.1. The van der Waals surface area contributed by atoms with Crippen LogP contribution in [0, 0.1) is 6.92 Å². The molecule has 2 amide bonds. The Labute approximate surface area is 128 Å². The third-order valence-electron chi connectivity index (χ3n) is 3.32. The van der Waals surface area contributed by atoms with Gasteiger partial charge in [-0.25, -0.2) is 9.78 Å². The minimum atomic E-state index is -0.279. The van der Waals surface area contributed by atoms with Crippen molar-refractivity contribution in [2.24, 2.45) is 0 Å². The molecule has 22 heavy (non-hydrogen) atoms. The van der Waals surface area contributed by atoms with Gasteiger partial charge in [0.1, 0.15) is 5.82 Å². The van der Waals surface area contributed by atoms with Gasteiger partial charge in [0, 0.05) is 17.6 Å². The maximum absolute atomic E-state index is 12.0. The normalized spacial score (nSPS) is 12.1. The molecule has 0 radical (unpaired) electrons. The molecule has 6 heteroatoms. The Hall–Kier alpha value is -2.89. The number of aromatic amines is 1. The van der Waals surface area contributed by atoms with Crippen LogP contribution in [0.4, 0.5) is 10.5 Å². The van der Waals surface area contributed by atoms with Crippen LogP contribution in [0.25, 0.3) is 11.0 Å². The van der Waals surface area contributed by atoms with Crippen LogP contribution in [-0.4, -0.2) is 21.0 Å². The van der Waals surface area contributed by atoms with E-state index in [2.05, 4.69) is 25.6 Å². The van der Waals surface area contributed by atoms with Crippen molar-refractivity contribution in [3.63, 3.8) is 0 Å². The predicted octanol–water partition coefficient (Wildman–Crippen LogP) is 3.15. The molecule has 1 aromatic carbocycles. The zero-order chi connectivity index (χ0) is 15.5. The average molecular weight is 295 g/mol. The zero-order valence-corrected chi connectivity index (χ0v) is 12.4. The second-order valence-corrected chi connectivity index (χ2v) is 5.15. The number of H-pyrrole nitrogens is 1. The van der Waals surface area contributed by atoms with Gasteiger partial charge in [0.15, 0.2) is 0 Å². The lowest BCUT2D eigenvalue weighted by molar-refractivity contribution is 0.249. The molecule has 0 saturated heterocycles. The van der Waals surface area contributed by atoms with Gasteiger partial charge in [0.2, 0.25) is 0 Å². The first-order valence-electron chi connectivity index (χ1n) is 7.06. The number of nitrogens with one attached hydrogen (secondary N) is 3. The van der Waals surface area contributed by atoms with E-state index in [0.29, 0.717) is 5.69 Å². The fourth-order valence-electron chi connectivity index (χ4n) is 2.23. The number of benzene rings is 1. The smallest absolute Gasteiger partial charge is 0.319 e. The van der Waals surface area contributed by atoms with Crippen molar-refractivity contribution >= 4 is 22.8 Å². The number of hydrogen-bond donors (Lipinski definition) is 3. The summed E-state index contributed by atoms with van der Waals surface area (Å²) in [6.45, 7) is 3.76. The lowest BCUT2D eigenvalue weighted by Crippen LogP contribution is -2.31. The molecule has 0 spiro atoms. The third kappa shape index (κ3) is 3.06. The van der Waals surface area contributed by atoms with Gasteiger partial charge in [-0.15, -0.1) is 0 Å². The first-order valence-corrected chi connectivity index (χ1v) is 7.06. The molecule has 1 atom stereocenters. The maximum Gasteiger partial charge on any atom is 0.319 e. The second kappa shape index (κ2) is 5.85. The molecule has 6 nitrogen and oxygen atoms in total. The number of pyridine rings is 1. The minimum absolute atomic E-state index is 0.227. The number of fused-ring (bicyclic) bond motifs is 1. The van der Waals surface area contributed by atoms with Crippen LogP contribution in [0.2, 0.25) is 0 Å². The SMILES string of the molecule is Cc1cc(NC(=O)NC(C)c2nc3ccccc3[nH]2)ccn1. The van der Waals surface area contributed by atoms with E-state index in [0.717, 1.165) is 22.6 Å². The summed E-state index contributed by atoms with van der Waals surface area (Å²) in [5.41, 5.74) is 3.40. The largest absolute Gasteiger partial charge is 0.340 e. The van der Waals surface area contributed by atoms with Crippen molar-refractivity contribution in [1.29, 1.82) is 0 Å². The third-order valence-corrected chi connectivity index (χ3v) is 3.32. The molecule has 0 bridgehead atoms. The van der Waals surface area contributed by atoms with Crippen LogP contribution < -0.4 is 10.6 Å². The summed E-state index contributed by atoms with van der Waals surface area (Å²) < 4.78 is 0. The Balaban J connectivity index is 1.68. The van der Waals surface area contributed by atoms with Gasteiger partial charge in [0.25, 0.3) is 0 Å². The van der Waals surface area contributed by atoms with Crippen LogP contribution >= 0.6 is 0 Å². The van der Waals surface area contributed by atoms with E-state index in [1.807, 2.05) is 44.2 Å². The van der Waals surface area contributed by atoms with E-state index in [1.165, 1.54) is 0 Å². The number of anilines is 1. The fourth-order valence-corrected chi connectivity index (χ4v) is 2.23. The molecule has 0 saturated carbocycles. The summed E-state index contributed by atoms with van der Waals surface area (Å²) in [6.07, 6.45) is 1.66. The van der Waals surface area contributed by atoms with Crippen LogP contribution in [0.3, 0.4) is 0 Å². The molecular formula is C16H17N5O. The number of carbonyl (C=O) groups is 1. The number of aromatic nitrogens is 3. The van der Waals surface area contributed by atoms with Crippen LogP contribution in [-0.2, 0) is 0 Å². The second-order valence-electron chi connectivity index (χ2n) is 5.15. The maximum atomic E-state index is 12.0. The van der Waals surface area contributed by atoms with Gasteiger partial charge < -0.3 is 15.6 Å². The monoisotopic (exact) mass is 295 g/mol. The quantitative estimate of drug-likeness (QED) is 0.694. The van der Waals surface area contributed by atoms with Gasteiger partial charge >= 0.3 is 6.03 Å². The Morgan fingerprint density at radius 3 is 2.86 bits per heavy atom. The predicted molar refractivity (Wildman–Crippen MR) is 85.6 cm³/mol. The van der Waals surface area contributed by atoms with Gasteiger partial charge in [0.05, 0.1) is 17.1 Å². The van der Waals surface area contributed by atoms with Crippen molar-refractivity contribution in [2.75, 3.05) is 5.32 Å². The number of para-hydroxylation sites is 2. The van der Waals surface area contributed by atoms with E-state index >= 15 is 0 Å². The molecule has 3 aromatic rings. The average Bonchev–Trinajstić information content (AvgIpc) is 2.91. The lowest BCUT2D eigenvalue weighted by atomic mass is 10.3. The van der Waals surface area contributed by atoms with E-state index in [-0.39, 0.29) is 12.1 Å². The van der Waals surface area contributed by atoms with Gasteiger partial charge in [-0.1, -0.05) is 12.1 Å². The molecule has 0 aliphatic rings. The van der Waals surface area contributed by atoms with Crippen molar-refractivity contribution in [3.05, 3.63) is 54.1 Å². The van der Waals surface area contributed by atoms with Gasteiger partial charge in [-0.2, -0.15) is 0 Å². The highest BCUT2D eigenvalue weighted by Gasteiger charge is 2.13. The number of urea groups is 1. The summed E-state index contributed by atoms with van der Waals surface area (Å²) >= 11 is 0. The molecule has 0 aliphatic heterocycles. The molecule has 3 rings (SSSR count). The van der Waals surface area contributed by atoms with Crippen LogP contribution in [0.5, 0.6) is 0 Å². The zero-order valence-electron chi connectivity index (χ0n) is 12.4. The van der Waals surface area contributed by atoms with Crippen molar-refractivity contribution in [2.45, 2.75) is 19.9 Å². The molecule has 0 fully saturated rings. The van der Waals surface area contributed by atoms with Crippen molar-refractivity contribution in [1.82, 2.24) is 20.3 Å². The molecule has 2 heterocycles. The van der Waals surface area contributed by atoms with Crippen LogP contribution in [0.1, 0.15) is 24.5 Å². The van der Waals surface area contributed by atoms with Crippen molar-refractivity contribution < 1.29 is 4.79 Å². The standard InChI is InChI=1S/C16H17N5O/c1-10-9-12(7-8-17-10)19-16(22)18-11(2)15-20-13-5-3-4-6-14(13)21-15/h3-9,11H,1-2H3,(H,20,21)(H2,17,18,19,22). The van der Waals surface area contributed by atoms with Gasteiger partial charge in [-0.05, 0) is 38.1 Å². The Morgan fingerprint density at radius 1 is 1.27 bits per heavy atom. The summed E-state index contributed by atoms with van der Waals surface area (Å²) in [4.78, 5) is 23.8. The highest BCUT2D eigenvalue weighted by atomic mass is 16.2. The van der Waals surface area contributed by atoms with E-state index in [1.54, 1.807) is 12.3 Å². The fraction of sp³-hybridized carbons (Fsp3) is 0.188. The molecular weight excluding hydrogens is 278 g/mol. The Kier molecular flexibility index (Phi) is 3.74. The number of rotatable bonds is 3. The molecule has 1 unspecified atom stereocenters. The van der Waals surface area contributed by atoms with E-state index in [4.69, 9.17) is 0 Å². The number of aryl methyl sites for hydroxylation is 1. The van der Waals surface area contributed by atoms with Crippen LogP contribution in [0.15, 0.2) is 42.6 Å². The molecule has 2 aromatic heterocycles. The number of imidazole rings is 1. The minimum Gasteiger partial charge on any atom is -0.340 e. The lowest BCUT2D eigenvalue weighted by Gasteiger charge is -2.12. The summed E-state index contributed by atoms with van der Waals surface area (Å²) in [7, 11) is 0. The number of carbonyl (C=O) groups excluding carboxylic acids is 1. The van der Waals surface area contributed by atoms with E-state index in [9.17, 15) is 4.79 Å². The number of hydrogen-bond acceptors (Lipinski definition) is 3. The molecule has 3 N–H and O–H groups in total. The van der Waals surface area contributed by atoms with Gasteiger partial charge in [-0.3, -0.25) is 4.98 Å². The topological polar surface area (TPSA) is 82.7 Å². The van der Waals surface area contributed by atoms with E-state index < -0.39 is 0 Å². The first-order chi connectivity index (χ1) is 10.6. The summed E-state index contributed by atoms with van der Waals surface area (Å²) in [6, 6.07) is 10.8. The Morgan fingerprint density at radius 2 is 2.09 bits per heavy atom. The molecule has 112 valence electrons. The summed E-state index contributed by atoms with van der Waals surface area (Å²) in [5, 5.41) is 5.65. The highest BCUT2D eigenvalue weighted by molar-refractivity contribution is 5.89. The highest BCUT2D eigenvalue weighted by Crippen LogP contribution is 2.15. The Bertz CT molecular complexity index is 778. The summed E-state index contributed by atoms with van der Waals surface area (Å²) in [5.74, 6) is 0.724. The number of amides is 2.